The fourth-order valence-corrected chi connectivity index (χ4v) is 1.19. The average molecular weight is 253 g/mol. The molecule has 7 nitrogen and oxygen atoms in total. The van der Waals surface area contributed by atoms with Gasteiger partial charge in [0.25, 0.3) is 11.8 Å². The minimum atomic E-state index is -0.411. The van der Waals surface area contributed by atoms with E-state index >= 15 is 0 Å². The van der Waals surface area contributed by atoms with Crippen LogP contribution >= 0.6 is 0 Å². The predicted octanol–water partition coefficient (Wildman–Crippen LogP) is -1.47. The Kier molecular flexibility index (Phi) is 5.75. The lowest BCUT2D eigenvalue weighted by Gasteiger charge is -2.04. The molecule has 1 aromatic heterocycles. The highest BCUT2D eigenvalue weighted by atomic mass is 16.3. The molecule has 18 heavy (non-hydrogen) atoms. The number of nitrogens with zero attached hydrogens (tertiary/aromatic N) is 1. The molecule has 0 aliphatic heterocycles. The molecule has 0 unspecified atom stereocenters. The summed E-state index contributed by atoms with van der Waals surface area (Å²) in [4.78, 5) is 26.7. The summed E-state index contributed by atoms with van der Waals surface area (Å²) in [6, 6.07) is 2.88. The fourth-order valence-electron chi connectivity index (χ4n) is 1.19. The number of carbonyl (C=O) groups is 2. The Hall–Kier alpha value is -1.99. The van der Waals surface area contributed by atoms with E-state index in [9.17, 15) is 9.59 Å². The molecular formula is C11H15N3O4. The van der Waals surface area contributed by atoms with Crippen molar-refractivity contribution in [3.05, 3.63) is 29.6 Å². The van der Waals surface area contributed by atoms with E-state index in [-0.39, 0.29) is 37.9 Å². The molecule has 4 N–H and O–H groups in total. The first-order valence-electron chi connectivity index (χ1n) is 5.43. The van der Waals surface area contributed by atoms with Crippen molar-refractivity contribution < 1.29 is 19.8 Å². The zero-order chi connectivity index (χ0) is 13.4. The minimum absolute atomic E-state index is 0.138. The largest absolute Gasteiger partial charge is 0.395 e. The van der Waals surface area contributed by atoms with Crippen LogP contribution in [0.1, 0.15) is 20.8 Å². The molecule has 0 fully saturated rings. The van der Waals surface area contributed by atoms with Gasteiger partial charge in [0, 0.05) is 19.3 Å². The summed E-state index contributed by atoms with van der Waals surface area (Å²) >= 11 is 0. The lowest BCUT2D eigenvalue weighted by Crippen LogP contribution is -2.28. The van der Waals surface area contributed by atoms with Crippen LogP contribution in [0.25, 0.3) is 0 Å². The first kappa shape index (κ1) is 14.1. The van der Waals surface area contributed by atoms with Crippen LogP contribution in [0.3, 0.4) is 0 Å². The Labute approximate surface area is 104 Å². The van der Waals surface area contributed by atoms with Gasteiger partial charge in [0.2, 0.25) is 0 Å². The molecule has 0 saturated heterocycles. The number of aliphatic hydroxyl groups is 2. The summed E-state index contributed by atoms with van der Waals surface area (Å²) in [5.41, 5.74) is 0.476. The number of aliphatic hydroxyl groups excluding tert-OH is 2. The van der Waals surface area contributed by atoms with Gasteiger partial charge in [-0.25, -0.2) is 0 Å². The topological polar surface area (TPSA) is 112 Å². The predicted molar refractivity (Wildman–Crippen MR) is 63.1 cm³/mol. The molecule has 1 rings (SSSR count). The summed E-state index contributed by atoms with van der Waals surface area (Å²) in [5, 5.41) is 22.0. The number of rotatable bonds is 6. The highest BCUT2D eigenvalue weighted by Gasteiger charge is 2.09. The van der Waals surface area contributed by atoms with E-state index in [1.807, 2.05) is 0 Å². The Bertz CT molecular complexity index is 366. The molecule has 2 amide bonds. The van der Waals surface area contributed by atoms with Crippen molar-refractivity contribution in [1.29, 1.82) is 0 Å². The molecule has 1 aromatic rings. The number of hydrogen-bond acceptors (Lipinski definition) is 5. The van der Waals surface area contributed by atoms with Gasteiger partial charge < -0.3 is 20.8 Å². The van der Waals surface area contributed by atoms with E-state index in [0.29, 0.717) is 5.56 Å². The highest BCUT2D eigenvalue weighted by molar-refractivity contribution is 5.96. The number of aromatic nitrogens is 1. The summed E-state index contributed by atoms with van der Waals surface area (Å²) < 4.78 is 0. The summed E-state index contributed by atoms with van der Waals surface area (Å²) in [7, 11) is 0. The Morgan fingerprint density at radius 3 is 2.17 bits per heavy atom. The van der Waals surface area contributed by atoms with Crippen LogP contribution in [0, 0.1) is 0 Å². The molecule has 98 valence electrons. The van der Waals surface area contributed by atoms with E-state index < -0.39 is 5.91 Å². The molecule has 0 bridgehead atoms. The minimum Gasteiger partial charge on any atom is -0.395 e. The SMILES string of the molecule is O=C(NCCO)c1ccc(C(=O)NCCO)nc1. The van der Waals surface area contributed by atoms with E-state index in [1.54, 1.807) is 0 Å². The summed E-state index contributed by atoms with van der Waals surface area (Å²) in [5.74, 6) is -0.773. The average Bonchev–Trinajstić information content (AvgIpc) is 2.42. The zero-order valence-corrected chi connectivity index (χ0v) is 9.72. The molecule has 0 radical (unpaired) electrons. The quantitative estimate of drug-likeness (QED) is 0.494. The molecular weight excluding hydrogens is 238 g/mol. The molecule has 0 aromatic carbocycles. The molecule has 7 heteroatoms. The number of pyridine rings is 1. The summed E-state index contributed by atoms with van der Waals surface area (Å²) in [6.07, 6.45) is 1.28. The van der Waals surface area contributed by atoms with Gasteiger partial charge in [0.1, 0.15) is 5.69 Å². The first-order valence-corrected chi connectivity index (χ1v) is 5.43. The first-order chi connectivity index (χ1) is 8.69. The molecule has 0 aliphatic carbocycles. The number of nitrogens with one attached hydrogen (secondary N) is 2. The maximum Gasteiger partial charge on any atom is 0.269 e. The van der Waals surface area contributed by atoms with Gasteiger partial charge in [0.15, 0.2) is 0 Å². The lowest BCUT2D eigenvalue weighted by molar-refractivity contribution is 0.0929. The number of hydrogen-bond donors (Lipinski definition) is 4. The molecule has 0 atom stereocenters. The molecule has 0 aliphatic rings. The van der Waals surface area contributed by atoms with E-state index in [4.69, 9.17) is 10.2 Å². The maximum absolute atomic E-state index is 11.5. The maximum atomic E-state index is 11.5. The van der Waals surface area contributed by atoms with Gasteiger partial charge in [-0.05, 0) is 12.1 Å². The third-order valence-corrected chi connectivity index (χ3v) is 2.05. The van der Waals surface area contributed by atoms with Crippen molar-refractivity contribution in [2.75, 3.05) is 26.3 Å². The summed E-state index contributed by atoms with van der Waals surface area (Å²) in [6.45, 7) is 0.0328. The Morgan fingerprint density at radius 1 is 1.06 bits per heavy atom. The second-order valence-electron chi connectivity index (χ2n) is 3.39. The highest BCUT2D eigenvalue weighted by Crippen LogP contribution is 2.00. The van der Waals surface area contributed by atoms with Crippen LogP contribution in [0.15, 0.2) is 18.3 Å². The second-order valence-corrected chi connectivity index (χ2v) is 3.39. The normalized spacial score (nSPS) is 9.89. The van der Waals surface area contributed by atoms with Crippen molar-refractivity contribution >= 4 is 11.8 Å². The van der Waals surface area contributed by atoms with Crippen LogP contribution in [0.4, 0.5) is 0 Å². The van der Waals surface area contributed by atoms with Crippen LogP contribution in [0.2, 0.25) is 0 Å². The van der Waals surface area contributed by atoms with Gasteiger partial charge in [-0.15, -0.1) is 0 Å². The number of amides is 2. The van der Waals surface area contributed by atoms with Crippen LogP contribution < -0.4 is 10.6 Å². The third-order valence-electron chi connectivity index (χ3n) is 2.05. The third kappa shape index (κ3) is 4.11. The van der Waals surface area contributed by atoms with Crippen molar-refractivity contribution in [2.24, 2.45) is 0 Å². The van der Waals surface area contributed by atoms with Crippen molar-refractivity contribution in [1.82, 2.24) is 15.6 Å². The van der Waals surface area contributed by atoms with Gasteiger partial charge in [-0.3, -0.25) is 14.6 Å². The molecule has 1 heterocycles. The Balaban J connectivity index is 2.62. The standard InChI is InChI=1S/C11H15N3O4/c15-5-3-12-10(17)8-1-2-9(14-7-8)11(18)13-4-6-16/h1-2,7,15-16H,3-6H2,(H,12,17)(H,13,18). The van der Waals surface area contributed by atoms with Gasteiger partial charge in [-0.2, -0.15) is 0 Å². The van der Waals surface area contributed by atoms with Gasteiger partial charge in [0.05, 0.1) is 18.8 Å². The van der Waals surface area contributed by atoms with Crippen molar-refractivity contribution in [3.8, 4) is 0 Å². The van der Waals surface area contributed by atoms with Gasteiger partial charge in [-0.1, -0.05) is 0 Å². The van der Waals surface area contributed by atoms with Crippen LogP contribution in [-0.2, 0) is 0 Å². The van der Waals surface area contributed by atoms with E-state index in [1.165, 1.54) is 18.3 Å². The van der Waals surface area contributed by atoms with E-state index in [0.717, 1.165) is 0 Å². The van der Waals surface area contributed by atoms with E-state index in [2.05, 4.69) is 15.6 Å². The monoisotopic (exact) mass is 253 g/mol. The van der Waals surface area contributed by atoms with Crippen LogP contribution in [-0.4, -0.2) is 53.3 Å². The van der Waals surface area contributed by atoms with Crippen molar-refractivity contribution in [2.45, 2.75) is 0 Å². The van der Waals surface area contributed by atoms with Crippen molar-refractivity contribution in [3.63, 3.8) is 0 Å². The fraction of sp³-hybridized carbons (Fsp3) is 0.364. The zero-order valence-electron chi connectivity index (χ0n) is 9.72. The molecule has 0 saturated carbocycles. The van der Waals surface area contributed by atoms with Gasteiger partial charge >= 0.3 is 0 Å². The smallest absolute Gasteiger partial charge is 0.269 e. The second kappa shape index (κ2) is 7.36. The van der Waals surface area contributed by atoms with Crippen LogP contribution in [0.5, 0.6) is 0 Å². The Morgan fingerprint density at radius 2 is 1.67 bits per heavy atom. The number of carbonyl (C=O) groups excluding carboxylic acids is 2. The molecule has 0 spiro atoms. The lowest BCUT2D eigenvalue weighted by atomic mass is 10.2.